The predicted molar refractivity (Wildman–Crippen MR) is 122 cm³/mol. The molecule has 1 aliphatic rings. The van der Waals surface area contributed by atoms with Gasteiger partial charge in [-0.1, -0.05) is 48.5 Å². The van der Waals surface area contributed by atoms with Crippen LogP contribution in [0.3, 0.4) is 0 Å². The Labute approximate surface area is 186 Å². The molecule has 0 atom stereocenters. The molecule has 0 amide bonds. The first-order valence-electron chi connectivity index (χ1n) is 10.1. The van der Waals surface area contributed by atoms with Gasteiger partial charge in [0.05, 0.1) is 12.7 Å². The highest BCUT2D eigenvalue weighted by Crippen LogP contribution is 2.40. The minimum Gasteiger partial charge on any atom is -0.497 e. The second-order valence-corrected chi connectivity index (χ2v) is 7.07. The van der Waals surface area contributed by atoms with Crippen LogP contribution in [-0.4, -0.2) is 18.2 Å². The third kappa shape index (κ3) is 4.30. The van der Waals surface area contributed by atoms with Gasteiger partial charge in [-0.15, -0.1) is 0 Å². The minimum atomic E-state index is -1.10. The number of aliphatic carboxylic acids is 1. The molecule has 0 fully saturated rings. The Kier molecular flexibility index (Phi) is 6.12. The molecule has 0 saturated heterocycles. The Morgan fingerprint density at radius 1 is 0.969 bits per heavy atom. The monoisotopic (exact) mass is 429 g/mol. The average Bonchev–Trinajstić information content (AvgIpc) is 2.83. The smallest absolute Gasteiger partial charge is 0.356 e. The highest BCUT2D eigenvalue weighted by Gasteiger charge is 2.30. The van der Waals surface area contributed by atoms with Gasteiger partial charge in [0.2, 0.25) is 0 Å². The van der Waals surface area contributed by atoms with Crippen LogP contribution in [0.1, 0.15) is 23.6 Å². The van der Waals surface area contributed by atoms with Crippen molar-refractivity contribution in [1.82, 2.24) is 5.32 Å². The summed E-state index contributed by atoms with van der Waals surface area (Å²) in [5.74, 6) is 1.11. The Morgan fingerprint density at radius 3 is 2.34 bits per heavy atom. The molecule has 1 heterocycles. The molecular weight excluding hydrogens is 406 g/mol. The molecule has 0 bridgehead atoms. The van der Waals surface area contributed by atoms with E-state index in [1.807, 2.05) is 85.8 Å². The molecule has 6 heteroatoms. The molecule has 0 aliphatic carbocycles. The summed E-state index contributed by atoms with van der Waals surface area (Å²) >= 11 is 0. The second kappa shape index (κ2) is 9.31. The van der Waals surface area contributed by atoms with Crippen LogP contribution in [0.15, 0.2) is 84.6 Å². The second-order valence-electron chi connectivity index (χ2n) is 7.07. The van der Waals surface area contributed by atoms with Gasteiger partial charge in [-0.2, -0.15) is 0 Å². The van der Waals surface area contributed by atoms with Crippen molar-refractivity contribution in [3.8, 4) is 17.2 Å². The van der Waals surface area contributed by atoms with Crippen molar-refractivity contribution in [2.75, 3.05) is 7.11 Å². The van der Waals surface area contributed by atoms with Crippen LogP contribution in [0.25, 0.3) is 11.5 Å². The number of rotatable bonds is 7. The van der Waals surface area contributed by atoms with Gasteiger partial charge >= 0.3 is 5.97 Å². The Balaban J connectivity index is 1.75. The zero-order chi connectivity index (χ0) is 22.5. The summed E-state index contributed by atoms with van der Waals surface area (Å²) < 4.78 is 17.4. The summed E-state index contributed by atoms with van der Waals surface area (Å²) in [4.78, 5) is 12.0. The fraction of sp³-hybridized carbons (Fsp3) is 0.115. The lowest BCUT2D eigenvalue weighted by molar-refractivity contribution is -0.133. The standard InChI is InChI=1S/C26H23NO5/c1-3-21-23-20(10-7-11-22(23)32-19-14-12-18(30-2)13-15-19)25(24(27-21)26(28)29)31-16-17-8-5-4-6-9-17/h3-15,27H,16H2,1-2H3,(H,28,29). The van der Waals surface area contributed by atoms with E-state index in [-0.39, 0.29) is 18.1 Å². The number of benzene rings is 3. The van der Waals surface area contributed by atoms with E-state index in [0.29, 0.717) is 22.8 Å². The first-order valence-corrected chi connectivity index (χ1v) is 10.1. The molecule has 0 saturated carbocycles. The normalized spacial score (nSPS) is 13.9. The number of carboxylic acids is 1. The third-order valence-electron chi connectivity index (χ3n) is 5.04. The van der Waals surface area contributed by atoms with Gasteiger partial charge in [-0.25, -0.2) is 4.79 Å². The number of fused-ring (bicyclic) bond motifs is 1. The number of carboxylic acid groups (broad SMARTS) is 1. The lowest BCUT2D eigenvalue weighted by Crippen LogP contribution is -2.26. The van der Waals surface area contributed by atoms with E-state index in [9.17, 15) is 9.90 Å². The maximum atomic E-state index is 12.0. The van der Waals surface area contributed by atoms with Gasteiger partial charge < -0.3 is 24.6 Å². The molecule has 0 aromatic heterocycles. The molecule has 0 unspecified atom stereocenters. The van der Waals surface area contributed by atoms with Crippen molar-refractivity contribution in [1.29, 1.82) is 0 Å². The van der Waals surface area contributed by atoms with Gasteiger partial charge in [0.15, 0.2) is 11.5 Å². The van der Waals surface area contributed by atoms with Crippen LogP contribution in [0.5, 0.6) is 17.2 Å². The van der Waals surface area contributed by atoms with Crippen LogP contribution < -0.4 is 14.8 Å². The van der Waals surface area contributed by atoms with E-state index in [0.717, 1.165) is 16.9 Å². The van der Waals surface area contributed by atoms with E-state index in [1.54, 1.807) is 7.11 Å². The quantitative estimate of drug-likeness (QED) is 0.522. The summed E-state index contributed by atoms with van der Waals surface area (Å²) in [7, 11) is 1.61. The highest BCUT2D eigenvalue weighted by molar-refractivity contribution is 6.01. The molecule has 0 radical (unpaired) electrons. The zero-order valence-electron chi connectivity index (χ0n) is 17.8. The molecule has 6 nitrogen and oxygen atoms in total. The van der Waals surface area contributed by atoms with Crippen LogP contribution in [0, 0.1) is 0 Å². The molecule has 162 valence electrons. The molecule has 4 rings (SSSR count). The minimum absolute atomic E-state index is 0.0110. The van der Waals surface area contributed by atoms with Gasteiger partial charge in [0.25, 0.3) is 0 Å². The van der Waals surface area contributed by atoms with Gasteiger partial charge in [-0.3, -0.25) is 0 Å². The molecule has 3 aromatic carbocycles. The van der Waals surface area contributed by atoms with Crippen LogP contribution in [0.4, 0.5) is 0 Å². The number of hydrogen-bond acceptors (Lipinski definition) is 5. The number of nitrogens with one attached hydrogen (secondary N) is 1. The van der Waals surface area contributed by atoms with E-state index in [2.05, 4.69) is 5.32 Å². The maximum Gasteiger partial charge on any atom is 0.356 e. The predicted octanol–water partition coefficient (Wildman–Crippen LogP) is 5.42. The van der Waals surface area contributed by atoms with Crippen molar-refractivity contribution in [3.05, 3.63) is 101 Å². The number of hydrogen-bond donors (Lipinski definition) is 2. The molecule has 1 aliphatic heterocycles. The van der Waals surface area contributed by atoms with Crippen molar-refractivity contribution >= 4 is 17.4 Å². The Morgan fingerprint density at radius 2 is 1.69 bits per heavy atom. The summed E-state index contributed by atoms with van der Waals surface area (Å²) in [6.45, 7) is 2.08. The first kappa shape index (κ1) is 21.1. The van der Waals surface area contributed by atoms with E-state index in [1.165, 1.54) is 0 Å². The maximum absolute atomic E-state index is 12.0. The number of carbonyl (C=O) groups is 1. The first-order chi connectivity index (χ1) is 15.6. The molecule has 32 heavy (non-hydrogen) atoms. The van der Waals surface area contributed by atoms with Crippen molar-refractivity contribution < 1.29 is 24.1 Å². The summed E-state index contributed by atoms with van der Waals surface area (Å²) in [5, 5.41) is 12.8. The average molecular weight is 429 g/mol. The largest absolute Gasteiger partial charge is 0.497 e. The third-order valence-corrected chi connectivity index (χ3v) is 5.04. The lowest BCUT2D eigenvalue weighted by Gasteiger charge is -2.27. The topological polar surface area (TPSA) is 77.0 Å². The van der Waals surface area contributed by atoms with Gasteiger partial charge in [0, 0.05) is 11.3 Å². The molecular formula is C26H23NO5. The van der Waals surface area contributed by atoms with E-state index < -0.39 is 5.97 Å². The fourth-order valence-corrected chi connectivity index (χ4v) is 3.49. The van der Waals surface area contributed by atoms with Crippen molar-refractivity contribution in [2.24, 2.45) is 0 Å². The Bertz CT molecular complexity index is 1180. The number of ether oxygens (including phenoxy) is 3. The lowest BCUT2D eigenvalue weighted by atomic mass is 9.96. The van der Waals surface area contributed by atoms with Crippen molar-refractivity contribution in [2.45, 2.75) is 13.5 Å². The number of allylic oxidation sites excluding steroid dienone is 1. The summed E-state index contributed by atoms with van der Waals surface area (Å²) in [5.41, 5.74) is 2.94. The van der Waals surface area contributed by atoms with E-state index in [4.69, 9.17) is 14.2 Å². The fourth-order valence-electron chi connectivity index (χ4n) is 3.49. The number of methoxy groups -OCH3 is 1. The Hall–Kier alpha value is -4.19. The molecule has 0 spiro atoms. The van der Waals surface area contributed by atoms with Gasteiger partial charge in [0.1, 0.15) is 23.9 Å². The van der Waals surface area contributed by atoms with E-state index >= 15 is 0 Å². The summed E-state index contributed by atoms with van der Waals surface area (Å²) in [6.07, 6.45) is 1.82. The zero-order valence-corrected chi connectivity index (χ0v) is 17.8. The van der Waals surface area contributed by atoms with Crippen molar-refractivity contribution in [3.63, 3.8) is 0 Å². The van der Waals surface area contributed by atoms with Crippen LogP contribution >= 0.6 is 0 Å². The van der Waals surface area contributed by atoms with Crippen LogP contribution in [0.2, 0.25) is 0 Å². The molecule has 2 N–H and O–H groups in total. The molecule has 3 aromatic rings. The highest BCUT2D eigenvalue weighted by atomic mass is 16.5. The summed E-state index contributed by atoms with van der Waals surface area (Å²) in [6, 6.07) is 22.4. The van der Waals surface area contributed by atoms with Crippen LogP contribution in [-0.2, 0) is 16.1 Å². The SMILES string of the molecule is CC=C1NC(C(=O)O)=C(OCc2ccccc2)c2cccc(Oc3ccc(OC)cc3)c21. The van der Waals surface area contributed by atoms with Gasteiger partial charge in [-0.05, 0) is 42.8 Å².